The highest BCUT2D eigenvalue weighted by Crippen LogP contribution is 2.17. The van der Waals surface area contributed by atoms with Gasteiger partial charge in [0.25, 0.3) is 0 Å². The predicted octanol–water partition coefficient (Wildman–Crippen LogP) is 1.65. The zero-order valence-electron chi connectivity index (χ0n) is 10.4. The van der Waals surface area contributed by atoms with Crippen LogP contribution in [-0.4, -0.2) is 31.4 Å². The van der Waals surface area contributed by atoms with Crippen molar-refractivity contribution in [2.75, 3.05) is 19.8 Å². The van der Waals surface area contributed by atoms with E-state index in [0.717, 1.165) is 22.6 Å². The maximum atomic E-state index is 11.7. The Morgan fingerprint density at radius 2 is 2.33 bits per heavy atom. The molecular weight excluding hydrogens is 250 g/mol. The first-order valence-electron chi connectivity index (χ1n) is 6.12. The summed E-state index contributed by atoms with van der Waals surface area (Å²) in [5, 5.41) is 2.91. The zero-order chi connectivity index (χ0) is 13.0. The molecule has 0 bridgehead atoms. The number of hydrogen-bond donors (Lipinski definition) is 1. The normalized spacial score (nSPS) is 18.8. The topological polar surface area (TPSA) is 55.4 Å². The maximum Gasteiger partial charge on any atom is 0.225 e. The molecule has 1 unspecified atom stereocenters. The molecule has 1 amide bonds. The van der Waals surface area contributed by atoms with Crippen LogP contribution >= 0.6 is 11.3 Å². The molecule has 4 nitrogen and oxygen atoms in total. The van der Waals surface area contributed by atoms with Gasteiger partial charge in [-0.05, 0) is 31.9 Å². The van der Waals surface area contributed by atoms with Crippen LogP contribution in [0, 0.1) is 5.92 Å². The average molecular weight is 267 g/mol. The Balaban J connectivity index is 1.74. The fraction of sp³-hybridized carbons (Fsp3) is 0.538. The van der Waals surface area contributed by atoms with Crippen LogP contribution in [0.3, 0.4) is 0 Å². The highest BCUT2D eigenvalue weighted by Gasteiger charge is 2.22. The summed E-state index contributed by atoms with van der Waals surface area (Å²) in [5.41, 5.74) is 0. The highest BCUT2D eigenvalue weighted by atomic mass is 32.1. The molecule has 1 atom stereocenters. The van der Waals surface area contributed by atoms with Gasteiger partial charge in [-0.25, -0.2) is 0 Å². The third-order valence-electron chi connectivity index (χ3n) is 2.98. The van der Waals surface area contributed by atoms with E-state index in [-0.39, 0.29) is 17.6 Å². The van der Waals surface area contributed by atoms with Gasteiger partial charge in [0.15, 0.2) is 5.78 Å². The lowest BCUT2D eigenvalue weighted by atomic mass is 10.1. The lowest BCUT2D eigenvalue weighted by Crippen LogP contribution is -2.32. The van der Waals surface area contributed by atoms with Gasteiger partial charge in [-0.15, -0.1) is 11.3 Å². The first-order valence-corrected chi connectivity index (χ1v) is 6.93. The zero-order valence-corrected chi connectivity index (χ0v) is 11.2. The fourth-order valence-electron chi connectivity index (χ4n) is 1.90. The number of nitrogens with one attached hydrogen (secondary N) is 1. The Morgan fingerprint density at radius 1 is 1.50 bits per heavy atom. The fourth-order valence-corrected chi connectivity index (χ4v) is 2.80. The number of carbonyl (C=O) groups excluding carboxylic acids is 2. The van der Waals surface area contributed by atoms with E-state index < -0.39 is 0 Å². The van der Waals surface area contributed by atoms with Gasteiger partial charge in [0.2, 0.25) is 5.91 Å². The summed E-state index contributed by atoms with van der Waals surface area (Å²) in [4.78, 5) is 24.8. The molecule has 1 fully saturated rings. The van der Waals surface area contributed by atoms with Crippen molar-refractivity contribution in [3.05, 3.63) is 21.9 Å². The van der Waals surface area contributed by atoms with Gasteiger partial charge >= 0.3 is 0 Å². The molecule has 0 aromatic carbocycles. The highest BCUT2D eigenvalue weighted by molar-refractivity contribution is 7.14. The summed E-state index contributed by atoms with van der Waals surface area (Å²) >= 11 is 1.50. The lowest BCUT2D eigenvalue weighted by molar-refractivity contribution is -0.124. The summed E-state index contributed by atoms with van der Waals surface area (Å²) in [7, 11) is 0. The van der Waals surface area contributed by atoms with Crippen molar-refractivity contribution >= 4 is 23.0 Å². The summed E-state index contributed by atoms with van der Waals surface area (Å²) in [6.07, 6.45) is 1.59. The van der Waals surface area contributed by atoms with Gasteiger partial charge in [0.05, 0.1) is 17.4 Å². The van der Waals surface area contributed by atoms with Gasteiger partial charge in [-0.2, -0.15) is 0 Å². The monoisotopic (exact) mass is 267 g/mol. The number of ketones is 1. The molecule has 1 aromatic heterocycles. The molecular formula is C13H17NO3S. The SMILES string of the molecule is CC(=O)c1ccc(CCNC(=O)C2CCOC2)s1. The number of amides is 1. The molecule has 1 aromatic rings. The summed E-state index contributed by atoms with van der Waals surface area (Å²) < 4.78 is 5.18. The van der Waals surface area contributed by atoms with Crippen LogP contribution < -0.4 is 5.32 Å². The van der Waals surface area contributed by atoms with Gasteiger partial charge in [-0.3, -0.25) is 9.59 Å². The molecule has 98 valence electrons. The van der Waals surface area contributed by atoms with Gasteiger partial charge in [0, 0.05) is 18.0 Å². The summed E-state index contributed by atoms with van der Waals surface area (Å²) in [5.74, 6) is 0.190. The Kier molecular flexibility index (Phi) is 4.49. The standard InChI is InChI=1S/C13H17NO3S/c1-9(15)12-3-2-11(18-12)4-6-14-13(16)10-5-7-17-8-10/h2-3,10H,4-8H2,1H3,(H,14,16). The number of carbonyl (C=O) groups is 2. The second kappa shape index (κ2) is 6.11. The van der Waals surface area contributed by atoms with E-state index in [4.69, 9.17) is 4.74 Å². The molecule has 2 rings (SSSR count). The molecule has 18 heavy (non-hydrogen) atoms. The van der Waals surface area contributed by atoms with E-state index in [1.54, 1.807) is 6.92 Å². The van der Waals surface area contributed by atoms with Crippen molar-refractivity contribution in [2.24, 2.45) is 5.92 Å². The lowest BCUT2D eigenvalue weighted by Gasteiger charge is -2.08. The summed E-state index contributed by atoms with van der Waals surface area (Å²) in [6.45, 7) is 3.41. The van der Waals surface area contributed by atoms with Crippen LogP contribution in [0.25, 0.3) is 0 Å². The molecule has 5 heteroatoms. The van der Waals surface area contributed by atoms with E-state index in [9.17, 15) is 9.59 Å². The van der Waals surface area contributed by atoms with E-state index in [0.29, 0.717) is 19.8 Å². The first-order chi connectivity index (χ1) is 8.66. The molecule has 1 N–H and O–H groups in total. The average Bonchev–Trinajstić information content (AvgIpc) is 3.00. The van der Waals surface area contributed by atoms with Crippen LogP contribution in [0.1, 0.15) is 27.9 Å². The molecule has 0 saturated carbocycles. The molecule has 1 saturated heterocycles. The van der Waals surface area contributed by atoms with Gasteiger partial charge < -0.3 is 10.1 Å². The molecule has 1 aliphatic rings. The van der Waals surface area contributed by atoms with Crippen molar-refractivity contribution in [2.45, 2.75) is 19.8 Å². The third-order valence-corrected chi connectivity index (χ3v) is 4.23. The van der Waals surface area contributed by atoms with E-state index in [2.05, 4.69) is 5.32 Å². The Hall–Kier alpha value is -1.20. The van der Waals surface area contributed by atoms with Crippen LogP contribution in [0.15, 0.2) is 12.1 Å². The van der Waals surface area contributed by atoms with E-state index in [1.807, 2.05) is 12.1 Å². The summed E-state index contributed by atoms with van der Waals surface area (Å²) in [6, 6.07) is 3.79. The molecule has 0 aliphatic carbocycles. The minimum atomic E-state index is 0.0149. The van der Waals surface area contributed by atoms with Crippen molar-refractivity contribution in [3.8, 4) is 0 Å². The molecule has 0 spiro atoms. The Labute approximate surface area is 110 Å². The van der Waals surface area contributed by atoms with Gasteiger partial charge in [0.1, 0.15) is 0 Å². The van der Waals surface area contributed by atoms with Crippen LogP contribution in [0.4, 0.5) is 0 Å². The van der Waals surface area contributed by atoms with Crippen molar-refractivity contribution in [3.63, 3.8) is 0 Å². The van der Waals surface area contributed by atoms with Crippen molar-refractivity contribution < 1.29 is 14.3 Å². The third kappa shape index (κ3) is 3.40. The molecule has 0 radical (unpaired) electrons. The van der Waals surface area contributed by atoms with Gasteiger partial charge in [-0.1, -0.05) is 0 Å². The predicted molar refractivity (Wildman–Crippen MR) is 70.0 cm³/mol. The molecule has 1 aliphatic heterocycles. The number of ether oxygens (including phenoxy) is 1. The van der Waals surface area contributed by atoms with Crippen LogP contribution in [0.5, 0.6) is 0 Å². The number of hydrogen-bond acceptors (Lipinski definition) is 4. The van der Waals surface area contributed by atoms with E-state index >= 15 is 0 Å². The minimum Gasteiger partial charge on any atom is -0.381 e. The van der Waals surface area contributed by atoms with Crippen LogP contribution in [-0.2, 0) is 16.0 Å². The second-order valence-electron chi connectivity index (χ2n) is 4.42. The second-order valence-corrected chi connectivity index (χ2v) is 5.59. The molecule has 2 heterocycles. The first kappa shape index (κ1) is 13.2. The number of thiophene rings is 1. The maximum absolute atomic E-state index is 11.7. The Bertz CT molecular complexity index is 435. The minimum absolute atomic E-state index is 0.0149. The number of Topliss-reactive ketones (excluding diaryl/α,β-unsaturated/α-hetero) is 1. The van der Waals surface area contributed by atoms with E-state index in [1.165, 1.54) is 11.3 Å². The van der Waals surface area contributed by atoms with Crippen molar-refractivity contribution in [1.29, 1.82) is 0 Å². The Morgan fingerprint density at radius 3 is 2.94 bits per heavy atom. The smallest absolute Gasteiger partial charge is 0.225 e. The quantitative estimate of drug-likeness (QED) is 0.825. The largest absolute Gasteiger partial charge is 0.381 e. The van der Waals surface area contributed by atoms with Crippen molar-refractivity contribution in [1.82, 2.24) is 5.32 Å². The van der Waals surface area contributed by atoms with Crippen LogP contribution in [0.2, 0.25) is 0 Å². The number of rotatable bonds is 5.